The van der Waals surface area contributed by atoms with Crippen LogP contribution in [0.15, 0.2) is 42.5 Å². The summed E-state index contributed by atoms with van der Waals surface area (Å²) in [7, 11) is 1.64. The summed E-state index contributed by atoms with van der Waals surface area (Å²) < 4.78 is 37.0. The second kappa shape index (κ2) is 14.8. The van der Waals surface area contributed by atoms with Crippen molar-refractivity contribution >= 4 is 0 Å². The molecule has 226 valence electrons. The molecule has 0 saturated heterocycles. The second-order valence-corrected chi connectivity index (χ2v) is 10.6. The summed E-state index contributed by atoms with van der Waals surface area (Å²) in [6.45, 7) is 16.0. The molecule has 7 heteroatoms. The fraction of sp³-hybridized carbons (Fsp3) is 0.471. The predicted octanol–water partition coefficient (Wildman–Crippen LogP) is 9.21. The molecule has 7 nitrogen and oxygen atoms in total. The maximum atomic E-state index is 5.35. The van der Waals surface area contributed by atoms with E-state index in [9.17, 15) is 0 Å². The van der Waals surface area contributed by atoms with Crippen molar-refractivity contribution in [3.8, 4) is 40.2 Å². The van der Waals surface area contributed by atoms with E-state index in [1.54, 1.807) is 7.11 Å². The van der Waals surface area contributed by atoms with Crippen LogP contribution in [0.5, 0.6) is 40.2 Å². The summed E-state index contributed by atoms with van der Waals surface area (Å²) in [5.41, 5.74) is 4.96. The number of ether oxygens (including phenoxy) is 7. The van der Waals surface area contributed by atoms with Crippen LogP contribution >= 0.6 is 0 Å². The van der Waals surface area contributed by atoms with Crippen LogP contribution in [0.2, 0.25) is 0 Å². The van der Waals surface area contributed by atoms with Crippen LogP contribution < -0.4 is 33.2 Å². The minimum absolute atomic E-state index is 0. The molecule has 0 aliphatic carbocycles. The first-order valence-corrected chi connectivity index (χ1v) is 13.4. The highest BCUT2D eigenvalue weighted by molar-refractivity contribution is 5.55. The lowest BCUT2D eigenvalue weighted by Crippen LogP contribution is -1.93. The standard InChI is InChI=1S/C11H14O3.C11H14O2.C10H12O2.2CH4/c1-7(2)8-4-9(12-3)11-10(5-8)13-6-14-11;1-7(2)9-4-8(3)11-10(5-9)12-6-13-11;1-7(2)8-3-4-9-10(5-8)12-6-11-9;;/h4-5,7H,6H2,1-3H3;4-5,7H,6H2,1-3H3;3-5,7H,6H2,1-2H3;2*1H4. The Hall–Kier alpha value is -3.74. The monoisotopic (exact) mass is 568 g/mol. The molecule has 3 aromatic carbocycles. The smallest absolute Gasteiger partial charge is 0.231 e. The van der Waals surface area contributed by atoms with Gasteiger partial charge in [0.1, 0.15) is 0 Å². The molecule has 0 spiro atoms. The minimum atomic E-state index is 0. The van der Waals surface area contributed by atoms with Crippen molar-refractivity contribution in [3.05, 3.63) is 64.7 Å². The topological polar surface area (TPSA) is 64.6 Å². The van der Waals surface area contributed by atoms with Crippen molar-refractivity contribution in [3.63, 3.8) is 0 Å². The number of methoxy groups -OCH3 is 1. The lowest BCUT2D eigenvalue weighted by Gasteiger charge is -2.10. The Kier molecular flexibility index (Phi) is 12.1. The number of fused-ring (bicyclic) bond motifs is 3. The third kappa shape index (κ3) is 7.93. The van der Waals surface area contributed by atoms with E-state index in [1.165, 1.54) is 22.3 Å². The van der Waals surface area contributed by atoms with Crippen LogP contribution in [-0.2, 0) is 0 Å². The molecular weight excluding hydrogens is 520 g/mol. The van der Waals surface area contributed by atoms with Crippen molar-refractivity contribution in [1.29, 1.82) is 0 Å². The molecule has 3 aliphatic heterocycles. The maximum absolute atomic E-state index is 5.35. The van der Waals surface area contributed by atoms with E-state index in [-0.39, 0.29) is 21.6 Å². The molecule has 0 radical (unpaired) electrons. The van der Waals surface area contributed by atoms with Crippen molar-refractivity contribution in [2.45, 2.75) is 81.1 Å². The van der Waals surface area contributed by atoms with E-state index in [1.807, 2.05) is 24.3 Å². The molecule has 0 N–H and O–H groups in total. The molecule has 3 aliphatic rings. The van der Waals surface area contributed by atoms with E-state index >= 15 is 0 Å². The van der Waals surface area contributed by atoms with Gasteiger partial charge in [-0.3, -0.25) is 0 Å². The third-order valence-electron chi connectivity index (χ3n) is 6.76. The zero-order valence-electron chi connectivity index (χ0n) is 24.3. The fourth-order valence-corrected chi connectivity index (χ4v) is 4.30. The Morgan fingerprint density at radius 3 is 1.59 bits per heavy atom. The predicted molar refractivity (Wildman–Crippen MR) is 165 cm³/mol. The molecule has 0 saturated carbocycles. The van der Waals surface area contributed by atoms with Crippen LogP contribution in [0.3, 0.4) is 0 Å². The van der Waals surface area contributed by atoms with Gasteiger partial charge in [0.25, 0.3) is 0 Å². The Balaban J connectivity index is 0.000000211. The second-order valence-electron chi connectivity index (χ2n) is 10.6. The summed E-state index contributed by atoms with van der Waals surface area (Å²) in [5.74, 6) is 7.33. The highest BCUT2D eigenvalue weighted by Gasteiger charge is 2.21. The normalized spacial score (nSPS) is 13.0. The molecule has 3 aromatic rings. The SMILES string of the molecule is C.C.CC(C)c1ccc2c(c1)OCO2.COc1cc(C(C)C)cc2c1OCO2.Cc1cc(C(C)C)cc2c1OCO2. The Bertz CT molecular complexity index is 1280. The van der Waals surface area contributed by atoms with Gasteiger partial charge in [0.2, 0.25) is 26.1 Å². The van der Waals surface area contributed by atoms with Gasteiger partial charge in [0.15, 0.2) is 34.5 Å². The summed E-state index contributed by atoms with van der Waals surface area (Å²) in [5, 5.41) is 0. The van der Waals surface area contributed by atoms with E-state index in [4.69, 9.17) is 33.2 Å². The summed E-state index contributed by atoms with van der Waals surface area (Å²) in [6.07, 6.45) is 0. The Labute approximate surface area is 246 Å². The Morgan fingerprint density at radius 1 is 0.537 bits per heavy atom. The van der Waals surface area contributed by atoms with Crippen molar-refractivity contribution in [2.24, 2.45) is 0 Å². The molecule has 0 atom stereocenters. The highest BCUT2D eigenvalue weighted by atomic mass is 16.7. The minimum Gasteiger partial charge on any atom is -0.493 e. The quantitative estimate of drug-likeness (QED) is 0.311. The number of hydrogen-bond donors (Lipinski definition) is 0. The van der Waals surface area contributed by atoms with Crippen molar-refractivity contribution < 1.29 is 33.2 Å². The van der Waals surface area contributed by atoms with Gasteiger partial charge in [-0.2, -0.15) is 0 Å². The number of aryl methyl sites for hydroxylation is 1. The van der Waals surface area contributed by atoms with E-state index in [0.717, 1.165) is 40.2 Å². The lowest BCUT2D eigenvalue weighted by molar-refractivity contribution is 0.171. The Morgan fingerprint density at radius 2 is 1.00 bits per heavy atom. The molecule has 0 aromatic heterocycles. The van der Waals surface area contributed by atoms with Crippen molar-refractivity contribution in [2.75, 3.05) is 27.5 Å². The third-order valence-corrected chi connectivity index (χ3v) is 6.76. The van der Waals surface area contributed by atoms with Gasteiger partial charge in [-0.15, -0.1) is 0 Å². The van der Waals surface area contributed by atoms with Gasteiger partial charge in [-0.25, -0.2) is 0 Å². The number of rotatable bonds is 4. The zero-order valence-corrected chi connectivity index (χ0v) is 24.3. The molecule has 6 rings (SSSR count). The van der Waals surface area contributed by atoms with Gasteiger partial charge >= 0.3 is 0 Å². The average Bonchev–Trinajstić information content (AvgIpc) is 3.68. The van der Waals surface area contributed by atoms with Crippen molar-refractivity contribution in [1.82, 2.24) is 0 Å². The summed E-state index contributed by atoms with van der Waals surface area (Å²) in [4.78, 5) is 0. The van der Waals surface area contributed by atoms with Gasteiger partial charge in [0, 0.05) is 0 Å². The van der Waals surface area contributed by atoms with E-state index in [2.05, 4.69) is 66.7 Å². The molecule has 3 heterocycles. The molecular formula is C34H48O7. The molecule has 0 fully saturated rings. The largest absolute Gasteiger partial charge is 0.493 e. The van der Waals surface area contributed by atoms with Gasteiger partial charge in [0.05, 0.1) is 7.11 Å². The first-order valence-electron chi connectivity index (χ1n) is 13.4. The molecule has 0 amide bonds. The zero-order chi connectivity index (χ0) is 28.1. The molecule has 0 unspecified atom stereocenters. The van der Waals surface area contributed by atoms with Crippen LogP contribution in [0.4, 0.5) is 0 Å². The molecule has 0 bridgehead atoms. The van der Waals surface area contributed by atoms with Gasteiger partial charge in [-0.1, -0.05) is 68.5 Å². The van der Waals surface area contributed by atoms with Crippen LogP contribution in [-0.4, -0.2) is 27.5 Å². The first-order chi connectivity index (χ1) is 18.7. The van der Waals surface area contributed by atoms with Gasteiger partial charge < -0.3 is 33.2 Å². The molecule has 41 heavy (non-hydrogen) atoms. The number of benzene rings is 3. The lowest BCUT2D eigenvalue weighted by atomic mass is 10.0. The van der Waals surface area contributed by atoms with Crippen LogP contribution in [0.25, 0.3) is 0 Å². The van der Waals surface area contributed by atoms with E-state index in [0.29, 0.717) is 31.3 Å². The first kappa shape index (κ1) is 33.5. The maximum Gasteiger partial charge on any atom is 0.231 e. The van der Waals surface area contributed by atoms with Crippen LogP contribution in [0, 0.1) is 6.92 Å². The highest BCUT2D eigenvalue weighted by Crippen LogP contribution is 2.43. The number of hydrogen-bond acceptors (Lipinski definition) is 7. The van der Waals surface area contributed by atoms with E-state index < -0.39 is 0 Å². The van der Waals surface area contributed by atoms with Gasteiger partial charge in [-0.05, 0) is 77.3 Å². The van der Waals surface area contributed by atoms with Crippen LogP contribution in [0.1, 0.15) is 96.4 Å². The fourth-order valence-electron chi connectivity index (χ4n) is 4.30. The average molecular weight is 569 g/mol. The summed E-state index contributed by atoms with van der Waals surface area (Å²) >= 11 is 0. The summed E-state index contributed by atoms with van der Waals surface area (Å²) in [6, 6.07) is 14.3.